The molecule has 3 N–H and O–H groups in total. The van der Waals surface area contributed by atoms with Crippen LogP contribution < -0.4 is 10.6 Å². The maximum absolute atomic E-state index is 11.8. The summed E-state index contributed by atoms with van der Waals surface area (Å²) in [6, 6.07) is 7.81. The van der Waals surface area contributed by atoms with Gasteiger partial charge in [-0.1, -0.05) is 18.2 Å². The first-order chi connectivity index (χ1) is 9.20. The number of hydrogen-bond donors (Lipinski definition) is 3. The summed E-state index contributed by atoms with van der Waals surface area (Å²) in [5.74, 6) is -0.328. The standard InChI is InChI=1S/C14H17N3O2/c1-2-15-14(19)9-17-13(18)7-10-8-16-12-6-4-3-5-11(10)12/h3-6,8,16H,2,7,9H2,1H3,(H,15,19)(H,17,18). The molecule has 0 aliphatic rings. The van der Waals surface area contributed by atoms with E-state index in [-0.39, 0.29) is 24.8 Å². The molecule has 0 saturated carbocycles. The minimum Gasteiger partial charge on any atom is -0.361 e. The van der Waals surface area contributed by atoms with Crippen LogP contribution in [-0.2, 0) is 16.0 Å². The maximum atomic E-state index is 11.8. The second-order valence-corrected chi connectivity index (χ2v) is 4.27. The molecule has 1 aromatic carbocycles. The Kier molecular flexibility index (Phi) is 4.18. The fourth-order valence-electron chi connectivity index (χ4n) is 1.95. The molecule has 1 heterocycles. The highest BCUT2D eigenvalue weighted by molar-refractivity contribution is 5.90. The lowest BCUT2D eigenvalue weighted by Crippen LogP contribution is -2.37. The monoisotopic (exact) mass is 259 g/mol. The highest BCUT2D eigenvalue weighted by Crippen LogP contribution is 2.17. The molecule has 0 unspecified atom stereocenters. The zero-order valence-electron chi connectivity index (χ0n) is 10.8. The summed E-state index contributed by atoms with van der Waals surface area (Å²) < 4.78 is 0. The summed E-state index contributed by atoms with van der Waals surface area (Å²) in [4.78, 5) is 26.1. The molecule has 0 aliphatic carbocycles. The van der Waals surface area contributed by atoms with Crippen molar-refractivity contribution in [1.29, 1.82) is 0 Å². The molecule has 2 amide bonds. The van der Waals surface area contributed by atoms with E-state index in [9.17, 15) is 9.59 Å². The Hall–Kier alpha value is -2.30. The number of amides is 2. The van der Waals surface area contributed by atoms with Crippen molar-refractivity contribution < 1.29 is 9.59 Å². The number of likely N-dealkylation sites (N-methyl/N-ethyl adjacent to an activating group) is 1. The second kappa shape index (κ2) is 6.04. The summed E-state index contributed by atoms with van der Waals surface area (Å²) in [6.07, 6.45) is 2.10. The normalized spacial score (nSPS) is 10.4. The SMILES string of the molecule is CCNC(=O)CNC(=O)Cc1c[nH]c2ccccc12. The fourth-order valence-corrected chi connectivity index (χ4v) is 1.95. The van der Waals surface area contributed by atoms with Crippen LogP contribution in [0.25, 0.3) is 10.9 Å². The Morgan fingerprint density at radius 3 is 2.74 bits per heavy atom. The third kappa shape index (κ3) is 3.34. The Morgan fingerprint density at radius 2 is 1.95 bits per heavy atom. The van der Waals surface area contributed by atoms with Gasteiger partial charge in [0.2, 0.25) is 11.8 Å². The van der Waals surface area contributed by atoms with Gasteiger partial charge in [0.25, 0.3) is 0 Å². The largest absolute Gasteiger partial charge is 0.361 e. The molecule has 0 radical (unpaired) electrons. The van der Waals surface area contributed by atoms with Crippen molar-refractivity contribution in [2.75, 3.05) is 13.1 Å². The molecule has 2 rings (SSSR count). The number of fused-ring (bicyclic) bond motifs is 1. The summed E-state index contributed by atoms with van der Waals surface area (Å²) in [5, 5.41) is 6.27. The number of H-pyrrole nitrogens is 1. The third-order valence-corrected chi connectivity index (χ3v) is 2.85. The molecule has 2 aromatic rings. The number of aromatic nitrogens is 1. The van der Waals surface area contributed by atoms with Crippen LogP contribution in [0.2, 0.25) is 0 Å². The molecule has 100 valence electrons. The van der Waals surface area contributed by atoms with E-state index in [0.29, 0.717) is 6.54 Å². The summed E-state index contributed by atoms with van der Waals surface area (Å²) >= 11 is 0. The Balaban J connectivity index is 1.94. The molecule has 19 heavy (non-hydrogen) atoms. The van der Waals surface area contributed by atoms with Crippen molar-refractivity contribution in [3.63, 3.8) is 0 Å². The first-order valence-electron chi connectivity index (χ1n) is 6.29. The van der Waals surface area contributed by atoms with Crippen LogP contribution >= 0.6 is 0 Å². The number of carbonyl (C=O) groups is 2. The van der Waals surface area contributed by atoms with Gasteiger partial charge in [-0.05, 0) is 18.6 Å². The highest BCUT2D eigenvalue weighted by atomic mass is 16.2. The average molecular weight is 259 g/mol. The Morgan fingerprint density at radius 1 is 1.16 bits per heavy atom. The number of benzene rings is 1. The van der Waals surface area contributed by atoms with Crippen molar-refractivity contribution in [3.05, 3.63) is 36.0 Å². The molecule has 0 saturated heterocycles. The number of carbonyl (C=O) groups excluding carboxylic acids is 2. The van der Waals surface area contributed by atoms with Gasteiger partial charge in [-0.2, -0.15) is 0 Å². The van der Waals surface area contributed by atoms with E-state index >= 15 is 0 Å². The summed E-state index contributed by atoms with van der Waals surface area (Å²) in [7, 11) is 0. The van der Waals surface area contributed by atoms with E-state index in [2.05, 4.69) is 15.6 Å². The van der Waals surface area contributed by atoms with Gasteiger partial charge in [-0.15, -0.1) is 0 Å². The van der Waals surface area contributed by atoms with Crippen molar-refractivity contribution in [1.82, 2.24) is 15.6 Å². The lowest BCUT2D eigenvalue weighted by molar-refractivity contribution is -0.125. The van der Waals surface area contributed by atoms with Crippen LogP contribution in [0, 0.1) is 0 Å². The van der Waals surface area contributed by atoms with Gasteiger partial charge in [-0.25, -0.2) is 0 Å². The van der Waals surface area contributed by atoms with E-state index in [0.717, 1.165) is 16.5 Å². The summed E-state index contributed by atoms with van der Waals surface area (Å²) in [5.41, 5.74) is 1.94. The number of hydrogen-bond acceptors (Lipinski definition) is 2. The van der Waals surface area contributed by atoms with E-state index in [1.165, 1.54) is 0 Å². The molecular weight excluding hydrogens is 242 g/mol. The molecular formula is C14H17N3O2. The molecule has 0 spiro atoms. The van der Waals surface area contributed by atoms with Gasteiger partial charge < -0.3 is 15.6 Å². The van der Waals surface area contributed by atoms with E-state index < -0.39 is 0 Å². The highest BCUT2D eigenvalue weighted by Gasteiger charge is 2.09. The third-order valence-electron chi connectivity index (χ3n) is 2.85. The van der Waals surface area contributed by atoms with Crippen LogP contribution in [0.5, 0.6) is 0 Å². The van der Waals surface area contributed by atoms with Gasteiger partial charge in [0.1, 0.15) is 0 Å². The quantitative estimate of drug-likeness (QED) is 0.748. The smallest absolute Gasteiger partial charge is 0.239 e. The minimum atomic E-state index is -0.172. The van der Waals surface area contributed by atoms with Crippen LogP contribution in [-0.4, -0.2) is 29.9 Å². The molecule has 5 nitrogen and oxygen atoms in total. The number of nitrogens with one attached hydrogen (secondary N) is 3. The van der Waals surface area contributed by atoms with Gasteiger partial charge in [0.15, 0.2) is 0 Å². The average Bonchev–Trinajstić information content (AvgIpc) is 2.80. The maximum Gasteiger partial charge on any atom is 0.239 e. The van der Waals surface area contributed by atoms with Crippen molar-refractivity contribution in [2.45, 2.75) is 13.3 Å². The van der Waals surface area contributed by atoms with Crippen molar-refractivity contribution >= 4 is 22.7 Å². The molecule has 0 atom stereocenters. The van der Waals surface area contributed by atoms with Gasteiger partial charge in [0.05, 0.1) is 13.0 Å². The van der Waals surface area contributed by atoms with E-state index in [1.54, 1.807) is 0 Å². The molecule has 1 aromatic heterocycles. The van der Waals surface area contributed by atoms with Gasteiger partial charge in [0, 0.05) is 23.6 Å². The van der Waals surface area contributed by atoms with Crippen LogP contribution in [0.3, 0.4) is 0 Å². The lowest BCUT2D eigenvalue weighted by atomic mass is 10.1. The lowest BCUT2D eigenvalue weighted by Gasteiger charge is -2.04. The van der Waals surface area contributed by atoms with Crippen molar-refractivity contribution in [2.24, 2.45) is 0 Å². The zero-order valence-corrected chi connectivity index (χ0v) is 10.8. The van der Waals surface area contributed by atoms with E-state index in [1.807, 2.05) is 37.4 Å². The molecule has 0 bridgehead atoms. The topological polar surface area (TPSA) is 74.0 Å². The van der Waals surface area contributed by atoms with Gasteiger partial charge >= 0.3 is 0 Å². The van der Waals surface area contributed by atoms with Gasteiger partial charge in [-0.3, -0.25) is 9.59 Å². The first-order valence-corrected chi connectivity index (χ1v) is 6.29. The molecule has 5 heteroatoms. The number of para-hydroxylation sites is 1. The fraction of sp³-hybridized carbons (Fsp3) is 0.286. The van der Waals surface area contributed by atoms with Crippen LogP contribution in [0.1, 0.15) is 12.5 Å². The predicted molar refractivity (Wildman–Crippen MR) is 73.7 cm³/mol. The van der Waals surface area contributed by atoms with Crippen LogP contribution in [0.15, 0.2) is 30.5 Å². The first kappa shape index (κ1) is 13.1. The summed E-state index contributed by atoms with van der Waals surface area (Å²) in [6.45, 7) is 2.43. The molecule has 0 aliphatic heterocycles. The number of aromatic amines is 1. The number of rotatable bonds is 5. The minimum absolute atomic E-state index is 0.0228. The zero-order chi connectivity index (χ0) is 13.7. The Labute approximate surface area is 111 Å². The predicted octanol–water partition coefficient (Wildman–Crippen LogP) is 0.963. The van der Waals surface area contributed by atoms with Crippen molar-refractivity contribution in [3.8, 4) is 0 Å². The second-order valence-electron chi connectivity index (χ2n) is 4.27. The molecule has 0 fully saturated rings. The van der Waals surface area contributed by atoms with Crippen LogP contribution in [0.4, 0.5) is 0 Å². The van der Waals surface area contributed by atoms with E-state index in [4.69, 9.17) is 0 Å². The Bertz CT molecular complexity index is 589.